The van der Waals surface area contributed by atoms with E-state index in [1.54, 1.807) is 35.9 Å². The molecule has 27 heavy (non-hydrogen) atoms. The average molecular weight is 412 g/mol. The summed E-state index contributed by atoms with van der Waals surface area (Å²) in [5.41, 5.74) is -0.0134. The number of H-pyrrole nitrogens is 1. The molecule has 2 heterocycles. The van der Waals surface area contributed by atoms with Crippen LogP contribution in [0.1, 0.15) is 18.4 Å². The lowest BCUT2D eigenvalue weighted by atomic mass is 10.1. The second-order valence-corrected chi connectivity index (χ2v) is 6.68. The number of hydrogen-bond donors (Lipinski definition) is 1. The highest BCUT2D eigenvalue weighted by molar-refractivity contribution is 7.71. The summed E-state index contributed by atoms with van der Waals surface area (Å²) in [5, 5.41) is 0.362. The number of ether oxygens (including phenoxy) is 1. The topological polar surface area (TPSA) is 59.9 Å². The number of pyridine rings is 1. The number of methoxy groups -OCH3 is 1. The maximum absolute atomic E-state index is 13.7. The molecule has 5 nitrogen and oxygen atoms in total. The Labute approximate surface area is 163 Å². The van der Waals surface area contributed by atoms with Crippen LogP contribution in [0, 0.1) is 4.77 Å². The molecule has 0 fully saturated rings. The minimum atomic E-state index is -2.84. The number of aryl methyl sites for hydroxylation is 1. The molecule has 0 aliphatic carbocycles. The lowest BCUT2D eigenvalue weighted by Gasteiger charge is -2.14. The van der Waals surface area contributed by atoms with Crippen molar-refractivity contribution in [2.45, 2.75) is 19.4 Å². The Hall–Kier alpha value is -2.16. The first-order chi connectivity index (χ1) is 12.9. The van der Waals surface area contributed by atoms with Gasteiger partial charge in [0.05, 0.1) is 11.1 Å². The number of aromatic nitrogens is 3. The fraction of sp³-hybridized carbons (Fsp3) is 0.278. The maximum atomic E-state index is 13.7. The van der Waals surface area contributed by atoms with Gasteiger partial charge in [-0.3, -0.25) is 9.78 Å². The number of alkyl halides is 2. The van der Waals surface area contributed by atoms with Gasteiger partial charge in [-0.15, -0.1) is 0 Å². The number of rotatable bonds is 6. The van der Waals surface area contributed by atoms with Crippen LogP contribution in [0.3, 0.4) is 0 Å². The lowest BCUT2D eigenvalue weighted by molar-refractivity contribution is 0.153. The van der Waals surface area contributed by atoms with E-state index in [1.165, 1.54) is 6.07 Å². The SMILES string of the molecule is COCCCn1c(=S)[nH]c(=O)c2c(C(F)F)cc(-c3ccc(Cl)cc3)nc21. The highest BCUT2D eigenvalue weighted by Crippen LogP contribution is 2.30. The largest absolute Gasteiger partial charge is 0.385 e. The summed E-state index contributed by atoms with van der Waals surface area (Å²) >= 11 is 11.1. The van der Waals surface area contributed by atoms with Crippen LogP contribution in [0.25, 0.3) is 22.3 Å². The first kappa shape index (κ1) is 19.6. The predicted molar refractivity (Wildman–Crippen MR) is 103 cm³/mol. The maximum Gasteiger partial charge on any atom is 0.264 e. The van der Waals surface area contributed by atoms with Crippen LogP contribution in [-0.2, 0) is 11.3 Å². The summed E-state index contributed by atoms with van der Waals surface area (Å²) in [5.74, 6) is 0. The van der Waals surface area contributed by atoms with Gasteiger partial charge in [0.15, 0.2) is 4.77 Å². The Morgan fingerprint density at radius 2 is 2.04 bits per heavy atom. The molecule has 3 aromatic rings. The van der Waals surface area contributed by atoms with Crippen LogP contribution in [0.4, 0.5) is 8.78 Å². The molecule has 3 rings (SSSR count). The standard InChI is InChI=1S/C18H16ClF2N3O2S/c1-26-8-2-7-24-16-14(17(25)23-18(24)27)12(15(20)21)9-13(22-16)10-3-5-11(19)6-4-10/h3-6,9,15H,2,7-8H2,1H3,(H,23,25,27). The van der Waals surface area contributed by atoms with Gasteiger partial charge in [-0.1, -0.05) is 23.7 Å². The van der Waals surface area contributed by atoms with Crippen LogP contribution in [0.2, 0.25) is 5.02 Å². The lowest BCUT2D eigenvalue weighted by Crippen LogP contribution is -2.18. The molecular formula is C18H16ClF2N3O2S. The van der Waals surface area contributed by atoms with Gasteiger partial charge in [-0.05, 0) is 36.8 Å². The minimum Gasteiger partial charge on any atom is -0.385 e. The second kappa shape index (κ2) is 8.24. The first-order valence-electron chi connectivity index (χ1n) is 8.13. The van der Waals surface area contributed by atoms with Crippen molar-refractivity contribution in [2.75, 3.05) is 13.7 Å². The van der Waals surface area contributed by atoms with E-state index < -0.39 is 12.0 Å². The van der Waals surface area contributed by atoms with Gasteiger partial charge in [-0.2, -0.15) is 0 Å². The zero-order valence-corrected chi connectivity index (χ0v) is 15.9. The van der Waals surface area contributed by atoms with Crippen molar-refractivity contribution in [1.29, 1.82) is 0 Å². The van der Waals surface area contributed by atoms with Crippen LogP contribution in [-0.4, -0.2) is 28.3 Å². The minimum absolute atomic E-state index is 0.127. The van der Waals surface area contributed by atoms with E-state index in [-0.39, 0.29) is 21.4 Å². The van der Waals surface area contributed by atoms with Gasteiger partial charge in [0, 0.05) is 36.4 Å². The zero-order valence-electron chi connectivity index (χ0n) is 14.3. The first-order valence-corrected chi connectivity index (χ1v) is 8.91. The Bertz CT molecular complexity index is 1080. The number of nitrogens with one attached hydrogen (secondary N) is 1. The molecular weight excluding hydrogens is 396 g/mol. The van der Waals surface area contributed by atoms with Gasteiger partial charge in [0.1, 0.15) is 5.65 Å². The Morgan fingerprint density at radius 3 is 2.67 bits per heavy atom. The summed E-state index contributed by atoms with van der Waals surface area (Å²) in [6, 6.07) is 7.89. The van der Waals surface area contributed by atoms with Gasteiger partial charge >= 0.3 is 0 Å². The molecule has 0 saturated carbocycles. The van der Waals surface area contributed by atoms with Gasteiger partial charge in [0.25, 0.3) is 12.0 Å². The average Bonchev–Trinajstić information content (AvgIpc) is 2.64. The van der Waals surface area contributed by atoms with Crippen LogP contribution >= 0.6 is 23.8 Å². The van der Waals surface area contributed by atoms with Crippen LogP contribution in [0.5, 0.6) is 0 Å². The van der Waals surface area contributed by atoms with Crippen molar-refractivity contribution in [1.82, 2.24) is 14.5 Å². The fourth-order valence-electron chi connectivity index (χ4n) is 2.82. The summed E-state index contributed by atoms with van der Waals surface area (Å²) in [7, 11) is 1.57. The van der Waals surface area contributed by atoms with Crippen molar-refractivity contribution < 1.29 is 13.5 Å². The summed E-state index contributed by atoms with van der Waals surface area (Å²) in [6.07, 6.45) is -2.26. The molecule has 1 aromatic carbocycles. The van der Waals surface area contributed by atoms with E-state index in [4.69, 9.17) is 28.6 Å². The fourth-order valence-corrected chi connectivity index (χ4v) is 3.21. The number of halogens is 3. The number of benzene rings is 1. The summed E-state index contributed by atoms with van der Waals surface area (Å²) in [4.78, 5) is 19.3. The van der Waals surface area contributed by atoms with E-state index in [0.717, 1.165) is 0 Å². The van der Waals surface area contributed by atoms with Crippen molar-refractivity contribution in [3.63, 3.8) is 0 Å². The normalized spacial score (nSPS) is 11.4. The molecule has 2 aromatic heterocycles. The molecule has 9 heteroatoms. The highest BCUT2D eigenvalue weighted by Gasteiger charge is 2.20. The Kier molecular flexibility index (Phi) is 5.98. The third kappa shape index (κ3) is 4.07. The van der Waals surface area contributed by atoms with Gasteiger partial charge < -0.3 is 9.30 Å². The molecule has 1 N–H and O–H groups in total. The van der Waals surface area contributed by atoms with E-state index in [2.05, 4.69) is 9.97 Å². The molecule has 0 unspecified atom stereocenters. The second-order valence-electron chi connectivity index (χ2n) is 5.86. The van der Waals surface area contributed by atoms with Crippen molar-refractivity contribution >= 4 is 34.9 Å². The van der Waals surface area contributed by atoms with E-state index in [1.807, 2.05) is 0 Å². The van der Waals surface area contributed by atoms with Gasteiger partial charge in [0.2, 0.25) is 0 Å². The Balaban J connectivity index is 2.31. The Morgan fingerprint density at radius 1 is 1.33 bits per heavy atom. The third-order valence-electron chi connectivity index (χ3n) is 4.08. The van der Waals surface area contributed by atoms with E-state index >= 15 is 0 Å². The van der Waals surface area contributed by atoms with Gasteiger partial charge in [-0.25, -0.2) is 13.8 Å². The molecule has 142 valence electrons. The number of aromatic amines is 1. The van der Waals surface area contributed by atoms with E-state index in [9.17, 15) is 13.6 Å². The molecule has 0 atom stereocenters. The highest BCUT2D eigenvalue weighted by atomic mass is 35.5. The van der Waals surface area contributed by atoms with Crippen molar-refractivity contribution in [3.05, 3.63) is 56.0 Å². The quantitative estimate of drug-likeness (QED) is 0.469. The molecule has 0 radical (unpaired) electrons. The summed E-state index contributed by atoms with van der Waals surface area (Å²) in [6.45, 7) is 0.834. The smallest absolute Gasteiger partial charge is 0.264 e. The van der Waals surface area contributed by atoms with Crippen LogP contribution in [0.15, 0.2) is 35.1 Å². The number of fused-ring (bicyclic) bond motifs is 1. The van der Waals surface area contributed by atoms with E-state index in [0.29, 0.717) is 35.9 Å². The molecule has 0 amide bonds. The molecule has 0 spiro atoms. The van der Waals surface area contributed by atoms with Crippen molar-refractivity contribution in [3.8, 4) is 11.3 Å². The molecule has 0 aliphatic rings. The van der Waals surface area contributed by atoms with Crippen LogP contribution < -0.4 is 5.56 Å². The number of hydrogen-bond acceptors (Lipinski definition) is 4. The predicted octanol–water partition coefficient (Wildman–Crippen LogP) is 4.75. The zero-order chi connectivity index (χ0) is 19.6. The van der Waals surface area contributed by atoms with Crippen molar-refractivity contribution in [2.24, 2.45) is 0 Å². The monoisotopic (exact) mass is 411 g/mol. The summed E-state index contributed by atoms with van der Waals surface area (Å²) < 4.78 is 34.2. The number of nitrogens with zero attached hydrogens (tertiary/aromatic N) is 2. The third-order valence-corrected chi connectivity index (χ3v) is 4.66. The molecule has 0 saturated heterocycles. The molecule has 0 bridgehead atoms. The molecule has 0 aliphatic heterocycles.